The number of hydrogen-bond donors (Lipinski definition) is 2. The Morgan fingerprint density at radius 2 is 2.00 bits per heavy atom. The van der Waals surface area contributed by atoms with Gasteiger partial charge in [0.05, 0.1) is 6.04 Å². The maximum Gasteiger partial charge on any atom is 0.291 e. The molecule has 0 spiro atoms. The largest absolute Gasteiger partial charge is 0.342 e. The molecule has 1 aromatic heterocycles. The molecular formula is C15H20N4O. The van der Waals surface area contributed by atoms with Crippen LogP contribution in [-0.4, -0.2) is 21.1 Å². The van der Waals surface area contributed by atoms with Gasteiger partial charge in [0, 0.05) is 0 Å². The number of hydrogen-bond acceptors (Lipinski definition) is 3. The van der Waals surface area contributed by atoms with Gasteiger partial charge in [0.1, 0.15) is 5.82 Å². The number of H-pyrrole nitrogens is 1. The van der Waals surface area contributed by atoms with Crippen LogP contribution in [0.15, 0.2) is 30.3 Å². The molecule has 2 rings (SSSR count). The second kappa shape index (κ2) is 6.32. The van der Waals surface area contributed by atoms with E-state index in [9.17, 15) is 4.79 Å². The number of nitrogens with one attached hydrogen (secondary N) is 2. The third kappa shape index (κ3) is 3.66. The van der Waals surface area contributed by atoms with Crippen molar-refractivity contribution in [2.45, 2.75) is 33.2 Å². The van der Waals surface area contributed by atoms with Gasteiger partial charge in [0.2, 0.25) is 5.82 Å². The number of amides is 1. The highest BCUT2D eigenvalue weighted by molar-refractivity contribution is 5.90. The van der Waals surface area contributed by atoms with E-state index < -0.39 is 0 Å². The van der Waals surface area contributed by atoms with Crippen LogP contribution in [0, 0.1) is 12.8 Å². The fourth-order valence-electron chi connectivity index (χ4n) is 2.10. The fraction of sp³-hybridized carbons (Fsp3) is 0.400. The number of benzene rings is 1. The molecule has 1 unspecified atom stereocenters. The number of aromatic amines is 1. The van der Waals surface area contributed by atoms with E-state index in [4.69, 9.17) is 0 Å². The van der Waals surface area contributed by atoms with Crippen LogP contribution in [-0.2, 0) is 0 Å². The van der Waals surface area contributed by atoms with Gasteiger partial charge in [0.15, 0.2) is 0 Å². The first-order chi connectivity index (χ1) is 9.56. The van der Waals surface area contributed by atoms with Crippen molar-refractivity contribution in [2.24, 2.45) is 5.92 Å². The van der Waals surface area contributed by atoms with Crippen LogP contribution >= 0.6 is 0 Å². The van der Waals surface area contributed by atoms with Crippen LogP contribution in [0.25, 0.3) is 0 Å². The topological polar surface area (TPSA) is 70.7 Å². The Labute approximate surface area is 118 Å². The molecule has 0 radical (unpaired) electrons. The van der Waals surface area contributed by atoms with E-state index >= 15 is 0 Å². The van der Waals surface area contributed by atoms with Gasteiger partial charge in [-0.1, -0.05) is 44.2 Å². The molecule has 1 heterocycles. The van der Waals surface area contributed by atoms with E-state index in [0.717, 1.165) is 12.0 Å². The van der Waals surface area contributed by atoms with E-state index in [-0.39, 0.29) is 17.8 Å². The summed E-state index contributed by atoms with van der Waals surface area (Å²) < 4.78 is 0. The molecule has 106 valence electrons. The summed E-state index contributed by atoms with van der Waals surface area (Å²) in [6, 6.07) is 9.95. The molecular weight excluding hydrogens is 252 g/mol. The van der Waals surface area contributed by atoms with Crippen LogP contribution in [0.5, 0.6) is 0 Å². The van der Waals surface area contributed by atoms with Crippen LogP contribution in [0.1, 0.15) is 48.3 Å². The predicted molar refractivity (Wildman–Crippen MR) is 77.2 cm³/mol. The number of carbonyl (C=O) groups excluding carboxylic acids is 1. The van der Waals surface area contributed by atoms with Crippen LogP contribution in [0.4, 0.5) is 0 Å². The second-order valence-corrected chi connectivity index (χ2v) is 5.31. The van der Waals surface area contributed by atoms with Gasteiger partial charge < -0.3 is 5.32 Å². The smallest absolute Gasteiger partial charge is 0.291 e. The van der Waals surface area contributed by atoms with E-state index in [1.54, 1.807) is 6.92 Å². The first-order valence-corrected chi connectivity index (χ1v) is 6.81. The van der Waals surface area contributed by atoms with Gasteiger partial charge in [-0.3, -0.25) is 9.89 Å². The number of aryl methyl sites for hydroxylation is 1. The first-order valence-electron chi connectivity index (χ1n) is 6.81. The molecule has 20 heavy (non-hydrogen) atoms. The third-order valence-corrected chi connectivity index (χ3v) is 3.01. The minimum Gasteiger partial charge on any atom is -0.342 e. The molecule has 1 aromatic carbocycles. The summed E-state index contributed by atoms with van der Waals surface area (Å²) >= 11 is 0. The highest BCUT2D eigenvalue weighted by Gasteiger charge is 2.19. The van der Waals surface area contributed by atoms with Crippen molar-refractivity contribution in [2.75, 3.05) is 0 Å². The van der Waals surface area contributed by atoms with Crippen molar-refractivity contribution >= 4 is 5.91 Å². The average molecular weight is 272 g/mol. The standard InChI is InChI=1S/C15H20N4O/c1-10(2)9-13(12-7-5-4-6-8-12)17-15(20)14-16-11(3)18-19-14/h4-8,10,13H,9H2,1-3H3,(H,17,20)(H,16,18,19). The highest BCUT2D eigenvalue weighted by Crippen LogP contribution is 2.21. The quantitative estimate of drug-likeness (QED) is 0.879. The normalized spacial score (nSPS) is 12.4. The summed E-state index contributed by atoms with van der Waals surface area (Å²) in [5, 5.41) is 9.59. The fourth-order valence-corrected chi connectivity index (χ4v) is 2.10. The summed E-state index contributed by atoms with van der Waals surface area (Å²) in [6.45, 7) is 6.05. The second-order valence-electron chi connectivity index (χ2n) is 5.31. The molecule has 0 saturated heterocycles. The van der Waals surface area contributed by atoms with E-state index in [1.807, 2.05) is 30.3 Å². The molecule has 0 bridgehead atoms. The van der Waals surface area contributed by atoms with Gasteiger partial charge in [0.25, 0.3) is 5.91 Å². The minimum atomic E-state index is -0.246. The highest BCUT2D eigenvalue weighted by atomic mass is 16.2. The number of rotatable bonds is 5. The Hall–Kier alpha value is -2.17. The Balaban J connectivity index is 2.14. The molecule has 0 aliphatic rings. The minimum absolute atomic E-state index is 0.0255. The number of nitrogens with zero attached hydrogens (tertiary/aromatic N) is 2. The molecule has 2 aromatic rings. The molecule has 1 atom stereocenters. The zero-order valence-electron chi connectivity index (χ0n) is 12.1. The van der Waals surface area contributed by atoms with Gasteiger partial charge in [-0.2, -0.15) is 0 Å². The summed E-state index contributed by atoms with van der Waals surface area (Å²) in [6.07, 6.45) is 0.874. The zero-order chi connectivity index (χ0) is 14.5. The Morgan fingerprint density at radius 3 is 2.55 bits per heavy atom. The number of aromatic nitrogens is 3. The van der Waals surface area contributed by atoms with Crippen molar-refractivity contribution in [3.63, 3.8) is 0 Å². The molecule has 0 aliphatic heterocycles. The number of carbonyl (C=O) groups is 1. The predicted octanol–water partition coefficient (Wildman–Crippen LogP) is 2.63. The van der Waals surface area contributed by atoms with Crippen LogP contribution < -0.4 is 5.32 Å². The van der Waals surface area contributed by atoms with Crippen LogP contribution in [0.3, 0.4) is 0 Å². The van der Waals surface area contributed by atoms with Crippen molar-refractivity contribution in [1.82, 2.24) is 20.5 Å². The lowest BCUT2D eigenvalue weighted by atomic mass is 9.97. The average Bonchev–Trinajstić information content (AvgIpc) is 2.85. The van der Waals surface area contributed by atoms with Gasteiger partial charge in [-0.25, -0.2) is 4.98 Å². The van der Waals surface area contributed by atoms with Crippen LogP contribution in [0.2, 0.25) is 0 Å². The molecule has 0 saturated carbocycles. The third-order valence-electron chi connectivity index (χ3n) is 3.01. The first kappa shape index (κ1) is 14.2. The van der Waals surface area contributed by atoms with Crippen molar-refractivity contribution < 1.29 is 4.79 Å². The molecule has 1 amide bonds. The molecule has 2 N–H and O–H groups in total. The Kier molecular flexibility index (Phi) is 4.50. The Morgan fingerprint density at radius 1 is 1.30 bits per heavy atom. The monoisotopic (exact) mass is 272 g/mol. The van der Waals surface area contributed by atoms with Gasteiger partial charge in [-0.05, 0) is 24.8 Å². The van der Waals surface area contributed by atoms with Crippen molar-refractivity contribution in [1.29, 1.82) is 0 Å². The van der Waals surface area contributed by atoms with E-state index in [1.165, 1.54) is 0 Å². The van der Waals surface area contributed by atoms with E-state index in [0.29, 0.717) is 11.7 Å². The lowest BCUT2D eigenvalue weighted by Gasteiger charge is -2.20. The Bertz CT molecular complexity index is 562. The summed E-state index contributed by atoms with van der Waals surface area (Å²) in [4.78, 5) is 16.2. The lowest BCUT2D eigenvalue weighted by Crippen LogP contribution is -2.30. The zero-order valence-corrected chi connectivity index (χ0v) is 12.1. The summed E-state index contributed by atoms with van der Waals surface area (Å²) in [5.41, 5.74) is 1.10. The van der Waals surface area contributed by atoms with E-state index in [2.05, 4.69) is 34.3 Å². The molecule has 0 aliphatic carbocycles. The molecule has 5 heteroatoms. The molecule has 0 fully saturated rings. The molecule has 5 nitrogen and oxygen atoms in total. The summed E-state index contributed by atoms with van der Waals surface area (Å²) in [5.74, 6) is 1.06. The SMILES string of the molecule is Cc1nc(C(=O)NC(CC(C)C)c2ccccc2)n[nH]1. The summed E-state index contributed by atoms with van der Waals surface area (Å²) in [7, 11) is 0. The van der Waals surface area contributed by atoms with Crippen molar-refractivity contribution in [3.8, 4) is 0 Å². The lowest BCUT2D eigenvalue weighted by molar-refractivity contribution is 0.0921. The van der Waals surface area contributed by atoms with Crippen molar-refractivity contribution in [3.05, 3.63) is 47.5 Å². The maximum atomic E-state index is 12.2. The maximum absolute atomic E-state index is 12.2. The van der Waals surface area contributed by atoms with Gasteiger partial charge >= 0.3 is 0 Å². The van der Waals surface area contributed by atoms with Gasteiger partial charge in [-0.15, -0.1) is 5.10 Å².